The van der Waals surface area contributed by atoms with Crippen LogP contribution in [0.1, 0.15) is 48.4 Å². The topological polar surface area (TPSA) is 79.4 Å². The molecule has 0 radical (unpaired) electrons. The number of amides is 1. The van der Waals surface area contributed by atoms with Gasteiger partial charge in [0.15, 0.2) is 0 Å². The lowest BCUT2D eigenvalue weighted by Gasteiger charge is -2.28. The third kappa shape index (κ3) is 5.23. The van der Waals surface area contributed by atoms with Crippen LogP contribution < -0.4 is 15.5 Å². The number of benzene rings is 1. The monoisotopic (exact) mass is 395 g/mol. The molecule has 1 aromatic carbocycles. The second-order valence-electron chi connectivity index (χ2n) is 7.75. The fraction of sp³-hybridized carbons (Fsp3) is 0.500. The molecule has 2 aliphatic rings. The van der Waals surface area contributed by atoms with E-state index in [9.17, 15) is 4.79 Å². The van der Waals surface area contributed by atoms with Crippen molar-refractivity contribution in [3.8, 4) is 0 Å². The Kier molecular flexibility index (Phi) is 6.24. The highest BCUT2D eigenvalue weighted by Gasteiger charge is 2.18. The maximum atomic E-state index is 12.5. The van der Waals surface area contributed by atoms with Gasteiger partial charge >= 0.3 is 0 Å². The summed E-state index contributed by atoms with van der Waals surface area (Å²) in [5.41, 5.74) is 2.56. The van der Waals surface area contributed by atoms with E-state index in [1.807, 2.05) is 0 Å². The molecule has 154 valence electrons. The molecule has 2 fully saturated rings. The van der Waals surface area contributed by atoms with Crippen molar-refractivity contribution >= 4 is 23.1 Å². The fourth-order valence-corrected chi connectivity index (χ4v) is 3.91. The molecule has 0 spiro atoms. The van der Waals surface area contributed by atoms with Gasteiger partial charge < -0.3 is 20.3 Å². The summed E-state index contributed by atoms with van der Waals surface area (Å²) in [5, 5.41) is 6.21. The molecule has 7 nitrogen and oxygen atoms in total. The predicted molar refractivity (Wildman–Crippen MR) is 114 cm³/mol. The van der Waals surface area contributed by atoms with Crippen LogP contribution in [0.15, 0.2) is 30.3 Å². The molecule has 2 N–H and O–H groups in total. The summed E-state index contributed by atoms with van der Waals surface area (Å²) >= 11 is 0. The molecule has 1 amide bonds. The highest BCUT2D eigenvalue weighted by Crippen LogP contribution is 2.23. The van der Waals surface area contributed by atoms with Crippen LogP contribution in [0.4, 0.5) is 17.2 Å². The minimum Gasteiger partial charge on any atom is -0.376 e. The van der Waals surface area contributed by atoms with Crippen LogP contribution in [0.5, 0.6) is 0 Å². The van der Waals surface area contributed by atoms with Gasteiger partial charge in [-0.15, -0.1) is 0 Å². The van der Waals surface area contributed by atoms with E-state index in [2.05, 4.69) is 49.8 Å². The summed E-state index contributed by atoms with van der Waals surface area (Å²) in [6, 6.07) is 10.1. The van der Waals surface area contributed by atoms with Gasteiger partial charge in [0, 0.05) is 43.7 Å². The van der Waals surface area contributed by atoms with Crippen LogP contribution in [0.2, 0.25) is 0 Å². The van der Waals surface area contributed by atoms with Crippen LogP contribution in [-0.4, -0.2) is 48.2 Å². The van der Waals surface area contributed by atoms with E-state index in [1.165, 1.54) is 24.9 Å². The van der Waals surface area contributed by atoms with E-state index in [-0.39, 0.29) is 12.0 Å². The third-order valence-electron chi connectivity index (χ3n) is 5.45. The standard InChI is InChI=1S/C22H29N5O2/c1-16-24-20(22(28)23-15-19-6-5-13-29-19)14-21(25-16)26-17-7-9-18(10-8-17)27-11-3-2-4-12-27/h7-10,14,19H,2-6,11-13,15H2,1H3,(H,23,28)(H,24,25,26). The number of aromatic nitrogens is 2. The van der Waals surface area contributed by atoms with Gasteiger partial charge in [-0.25, -0.2) is 9.97 Å². The maximum Gasteiger partial charge on any atom is 0.270 e. The minimum absolute atomic E-state index is 0.109. The van der Waals surface area contributed by atoms with Gasteiger partial charge in [0.25, 0.3) is 5.91 Å². The zero-order chi connectivity index (χ0) is 20.1. The SMILES string of the molecule is Cc1nc(Nc2ccc(N3CCCCC3)cc2)cc(C(=O)NCC2CCCO2)n1. The molecule has 29 heavy (non-hydrogen) atoms. The second-order valence-corrected chi connectivity index (χ2v) is 7.75. The zero-order valence-electron chi connectivity index (χ0n) is 17.0. The molecular weight excluding hydrogens is 366 g/mol. The zero-order valence-corrected chi connectivity index (χ0v) is 17.0. The summed E-state index contributed by atoms with van der Waals surface area (Å²) in [4.78, 5) is 23.6. The Bertz CT molecular complexity index is 828. The van der Waals surface area contributed by atoms with Crippen LogP contribution in [0.25, 0.3) is 0 Å². The first-order chi connectivity index (χ1) is 14.2. The Hall–Kier alpha value is -2.67. The molecule has 2 saturated heterocycles. The smallest absolute Gasteiger partial charge is 0.270 e. The molecule has 0 aliphatic carbocycles. The number of rotatable bonds is 6. The van der Waals surface area contributed by atoms with Gasteiger partial charge in [0.05, 0.1) is 6.10 Å². The first-order valence-corrected chi connectivity index (χ1v) is 10.5. The van der Waals surface area contributed by atoms with E-state index in [0.29, 0.717) is 23.9 Å². The van der Waals surface area contributed by atoms with Gasteiger partial charge in [-0.05, 0) is 63.3 Å². The quantitative estimate of drug-likeness (QED) is 0.780. The second kappa shape index (κ2) is 9.22. The van der Waals surface area contributed by atoms with E-state index < -0.39 is 0 Å². The van der Waals surface area contributed by atoms with Crippen molar-refractivity contribution in [1.29, 1.82) is 0 Å². The normalized spacial score (nSPS) is 19.2. The molecule has 1 unspecified atom stereocenters. The van der Waals surface area contributed by atoms with E-state index >= 15 is 0 Å². The molecule has 2 aliphatic heterocycles. The van der Waals surface area contributed by atoms with Crippen molar-refractivity contribution < 1.29 is 9.53 Å². The number of ether oxygens (including phenoxy) is 1. The molecule has 1 atom stereocenters. The average Bonchev–Trinajstić information content (AvgIpc) is 3.26. The number of nitrogens with one attached hydrogen (secondary N) is 2. The molecule has 4 rings (SSSR count). The number of aryl methyl sites for hydroxylation is 1. The van der Waals surface area contributed by atoms with Gasteiger partial charge in [-0.3, -0.25) is 4.79 Å². The first-order valence-electron chi connectivity index (χ1n) is 10.5. The number of nitrogens with zero attached hydrogens (tertiary/aromatic N) is 3. The molecule has 0 bridgehead atoms. The Balaban J connectivity index is 1.39. The number of carbonyl (C=O) groups is 1. The summed E-state index contributed by atoms with van der Waals surface area (Å²) in [7, 11) is 0. The van der Waals surface area contributed by atoms with Crippen LogP contribution in [-0.2, 0) is 4.74 Å². The molecular formula is C22H29N5O2. The van der Waals surface area contributed by atoms with Crippen LogP contribution >= 0.6 is 0 Å². The minimum atomic E-state index is -0.200. The number of piperidine rings is 1. The van der Waals surface area contributed by atoms with Crippen molar-refractivity contribution in [1.82, 2.24) is 15.3 Å². The molecule has 2 aromatic rings. The summed E-state index contributed by atoms with van der Waals surface area (Å²) in [6.07, 6.45) is 6.00. The average molecular weight is 396 g/mol. The highest BCUT2D eigenvalue weighted by molar-refractivity contribution is 5.93. The molecule has 3 heterocycles. The van der Waals surface area contributed by atoms with E-state index in [0.717, 1.165) is 38.2 Å². The van der Waals surface area contributed by atoms with Gasteiger partial charge in [-0.1, -0.05) is 0 Å². The number of anilines is 3. The van der Waals surface area contributed by atoms with Crippen molar-refractivity contribution in [2.75, 3.05) is 36.5 Å². The molecule has 1 aromatic heterocycles. The Morgan fingerprint density at radius 3 is 2.66 bits per heavy atom. The van der Waals surface area contributed by atoms with E-state index in [4.69, 9.17) is 4.74 Å². The maximum absolute atomic E-state index is 12.5. The van der Waals surface area contributed by atoms with E-state index in [1.54, 1.807) is 13.0 Å². The van der Waals surface area contributed by atoms with Crippen molar-refractivity contribution in [2.45, 2.75) is 45.1 Å². The lowest BCUT2D eigenvalue weighted by Crippen LogP contribution is -2.32. The number of hydrogen-bond acceptors (Lipinski definition) is 6. The third-order valence-corrected chi connectivity index (χ3v) is 5.45. The lowest BCUT2D eigenvalue weighted by atomic mass is 10.1. The fourth-order valence-electron chi connectivity index (χ4n) is 3.91. The number of carbonyl (C=O) groups excluding carboxylic acids is 1. The molecule has 0 saturated carbocycles. The largest absolute Gasteiger partial charge is 0.376 e. The summed E-state index contributed by atoms with van der Waals surface area (Å²) in [5.74, 6) is 0.974. The van der Waals surface area contributed by atoms with Crippen molar-refractivity contribution in [3.63, 3.8) is 0 Å². The van der Waals surface area contributed by atoms with Crippen molar-refractivity contribution in [3.05, 3.63) is 41.9 Å². The van der Waals surface area contributed by atoms with Gasteiger partial charge in [0.2, 0.25) is 0 Å². The Labute approximate surface area is 171 Å². The van der Waals surface area contributed by atoms with Crippen molar-refractivity contribution in [2.24, 2.45) is 0 Å². The predicted octanol–water partition coefficient (Wildman–Crippen LogP) is 3.43. The summed E-state index contributed by atoms with van der Waals surface area (Å²) in [6.45, 7) is 5.34. The Morgan fingerprint density at radius 2 is 1.93 bits per heavy atom. The lowest BCUT2D eigenvalue weighted by molar-refractivity contribution is 0.0853. The number of hydrogen-bond donors (Lipinski definition) is 2. The first kappa shape index (κ1) is 19.6. The van der Waals surface area contributed by atoms with Gasteiger partial charge in [-0.2, -0.15) is 0 Å². The van der Waals surface area contributed by atoms with Gasteiger partial charge in [0.1, 0.15) is 17.3 Å². The highest BCUT2D eigenvalue weighted by atomic mass is 16.5. The van der Waals surface area contributed by atoms with Crippen LogP contribution in [0, 0.1) is 6.92 Å². The Morgan fingerprint density at radius 1 is 1.14 bits per heavy atom. The van der Waals surface area contributed by atoms with Crippen LogP contribution in [0.3, 0.4) is 0 Å². The summed E-state index contributed by atoms with van der Waals surface area (Å²) < 4.78 is 5.56. The molecule has 7 heteroatoms.